The van der Waals surface area contributed by atoms with E-state index >= 15 is 0 Å². The molecule has 21 heavy (non-hydrogen) atoms. The van der Waals surface area contributed by atoms with Gasteiger partial charge < -0.3 is 15.5 Å². The lowest BCUT2D eigenvalue weighted by atomic mass is 10.1. The second kappa shape index (κ2) is 7.04. The van der Waals surface area contributed by atoms with Crippen LogP contribution in [-0.2, 0) is 13.0 Å². The Balaban J connectivity index is 2.10. The Morgan fingerprint density at radius 3 is 2.86 bits per heavy atom. The van der Waals surface area contributed by atoms with E-state index in [-0.39, 0.29) is 12.2 Å². The third-order valence-corrected chi connectivity index (χ3v) is 3.19. The van der Waals surface area contributed by atoms with Crippen molar-refractivity contribution < 1.29 is 4.74 Å². The van der Waals surface area contributed by atoms with Crippen LogP contribution in [0.3, 0.4) is 0 Å². The summed E-state index contributed by atoms with van der Waals surface area (Å²) >= 11 is 0. The van der Waals surface area contributed by atoms with Crippen LogP contribution in [0.2, 0.25) is 0 Å². The molecular formula is C16H21N3O2. The zero-order valence-electron chi connectivity index (χ0n) is 12.5. The van der Waals surface area contributed by atoms with Gasteiger partial charge in [-0.05, 0) is 50.4 Å². The number of aromatic nitrogens is 2. The number of hydrogen-bond acceptors (Lipinski definition) is 4. The molecular weight excluding hydrogens is 266 g/mol. The van der Waals surface area contributed by atoms with Crippen molar-refractivity contribution >= 4 is 0 Å². The van der Waals surface area contributed by atoms with E-state index in [1.165, 1.54) is 6.07 Å². The predicted molar refractivity (Wildman–Crippen MR) is 82.5 cm³/mol. The average Bonchev–Trinajstić information content (AvgIpc) is 2.45. The van der Waals surface area contributed by atoms with Gasteiger partial charge in [-0.15, -0.1) is 0 Å². The molecule has 0 aliphatic carbocycles. The average molecular weight is 287 g/mol. The largest absolute Gasteiger partial charge is 0.485 e. The lowest BCUT2D eigenvalue weighted by Crippen LogP contribution is -2.15. The molecule has 0 atom stereocenters. The summed E-state index contributed by atoms with van der Waals surface area (Å²) in [6.45, 7) is 4.83. The fourth-order valence-electron chi connectivity index (χ4n) is 2.05. The van der Waals surface area contributed by atoms with Crippen molar-refractivity contribution in [3.05, 3.63) is 57.3 Å². The molecule has 2 aromatic rings. The number of H-pyrrole nitrogens is 1. The Morgan fingerprint density at radius 2 is 2.10 bits per heavy atom. The van der Waals surface area contributed by atoms with Gasteiger partial charge >= 0.3 is 0 Å². The summed E-state index contributed by atoms with van der Waals surface area (Å²) in [6, 6.07) is 7.54. The lowest BCUT2D eigenvalue weighted by molar-refractivity contribution is 0.292. The predicted octanol–water partition coefficient (Wildman–Crippen LogP) is 1.86. The molecule has 1 aromatic carbocycles. The molecule has 1 heterocycles. The first kappa shape index (κ1) is 15.3. The van der Waals surface area contributed by atoms with E-state index in [4.69, 9.17) is 10.5 Å². The van der Waals surface area contributed by atoms with Crippen LogP contribution in [0.15, 0.2) is 29.1 Å². The first-order valence-corrected chi connectivity index (χ1v) is 7.07. The third kappa shape index (κ3) is 4.43. The molecule has 5 nitrogen and oxygen atoms in total. The molecule has 0 fully saturated rings. The fourth-order valence-corrected chi connectivity index (χ4v) is 2.05. The van der Waals surface area contributed by atoms with Gasteiger partial charge in [0.2, 0.25) is 0 Å². The van der Waals surface area contributed by atoms with E-state index < -0.39 is 0 Å². The van der Waals surface area contributed by atoms with Crippen LogP contribution in [-0.4, -0.2) is 16.5 Å². The van der Waals surface area contributed by atoms with Gasteiger partial charge in [0, 0.05) is 11.8 Å². The molecule has 0 aliphatic heterocycles. The Kier molecular flexibility index (Phi) is 5.11. The van der Waals surface area contributed by atoms with Crippen molar-refractivity contribution in [3.63, 3.8) is 0 Å². The highest BCUT2D eigenvalue weighted by atomic mass is 16.5. The van der Waals surface area contributed by atoms with Crippen molar-refractivity contribution in [2.24, 2.45) is 5.73 Å². The van der Waals surface area contributed by atoms with Crippen molar-refractivity contribution in [3.8, 4) is 5.75 Å². The Labute approximate surface area is 124 Å². The van der Waals surface area contributed by atoms with E-state index in [1.54, 1.807) is 0 Å². The molecule has 0 saturated heterocycles. The summed E-state index contributed by atoms with van der Waals surface area (Å²) in [7, 11) is 0. The summed E-state index contributed by atoms with van der Waals surface area (Å²) in [6.07, 6.45) is 1.52. The maximum Gasteiger partial charge on any atom is 0.251 e. The minimum absolute atomic E-state index is 0.156. The van der Waals surface area contributed by atoms with Crippen LogP contribution in [0.5, 0.6) is 5.75 Å². The van der Waals surface area contributed by atoms with Gasteiger partial charge in [-0.3, -0.25) is 4.79 Å². The summed E-state index contributed by atoms with van der Waals surface area (Å²) in [5, 5.41) is 0. The number of nitrogens with two attached hydrogens (primary N) is 1. The number of benzene rings is 1. The molecule has 0 amide bonds. The van der Waals surface area contributed by atoms with E-state index in [0.717, 1.165) is 29.0 Å². The van der Waals surface area contributed by atoms with Crippen LogP contribution >= 0.6 is 0 Å². The van der Waals surface area contributed by atoms with Crippen molar-refractivity contribution in [1.29, 1.82) is 0 Å². The number of aryl methyl sites for hydroxylation is 3. The zero-order valence-corrected chi connectivity index (χ0v) is 12.5. The monoisotopic (exact) mass is 287 g/mol. The van der Waals surface area contributed by atoms with E-state index in [9.17, 15) is 4.79 Å². The maximum absolute atomic E-state index is 11.6. The van der Waals surface area contributed by atoms with Gasteiger partial charge in [0.15, 0.2) is 0 Å². The van der Waals surface area contributed by atoms with Crippen molar-refractivity contribution in [2.45, 2.75) is 33.3 Å². The van der Waals surface area contributed by atoms with Crippen LogP contribution < -0.4 is 16.0 Å². The standard InChI is InChI=1S/C16H21N3O2/c1-11-5-6-12(2)14(8-11)21-10-15-18-13(4-3-7-17)9-16(20)19-15/h5-6,8-9H,3-4,7,10,17H2,1-2H3,(H,18,19,20). The first-order chi connectivity index (χ1) is 10.1. The molecule has 0 aliphatic rings. The number of nitrogens with one attached hydrogen (secondary N) is 1. The second-order valence-corrected chi connectivity index (χ2v) is 5.13. The topological polar surface area (TPSA) is 81.0 Å². The summed E-state index contributed by atoms with van der Waals surface area (Å²) in [4.78, 5) is 18.7. The van der Waals surface area contributed by atoms with E-state index in [2.05, 4.69) is 9.97 Å². The van der Waals surface area contributed by atoms with E-state index in [0.29, 0.717) is 18.8 Å². The van der Waals surface area contributed by atoms with Gasteiger partial charge in [-0.1, -0.05) is 12.1 Å². The number of nitrogens with zero attached hydrogens (tertiary/aromatic N) is 1. The molecule has 1 aromatic heterocycles. The highest BCUT2D eigenvalue weighted by molar-refractivity contribution is 5.35. The molecule has 3 N–H and O–H groups in total. The van der Waals surface area contributed by atoms with E-state index in [1.807, 2.05) is 32.0 Å². The molecule has 2 rings (SSSR count). The van der Waals surface area contributed by atoms with Gasteiger partial charge in [0.05, 0.1) is 0 Å². The number of hydrogen-bond donors (Lipinski definition) is 2. The molecule has 5 heteroatoms. The van der Waals surface area contributed by atoms with Crippen molar-refractivity contribution in [1.82, 2.24) is 9.97 Å². The quantitative estimate of drug-likeness (QED) is 0.849. The molecule has 0 bridgehead atoms. The number of aromatic amines is 1. The fraction of sp³-hybridized carbons (Fsp3) is 0.375. The number of rotatable bonds is 6. The lowest BCUT2D eigenvalue weighted by Gasteiger charge is -2.10. The van der Waals surface area contributed by atoms with Gasteiger partial charge in [-0.25, -0.2) is 4.98 Å². The Bertz CT molecular complexity index is 665. The summed E-state index contributed by atoms with van der Waals surface area (Å²) in [5.74, 6) is 1.35. The molecule has 0 spiro atoms. The van der Waals surface area contributed by atoms with Crippen LogP contribution in [0.4, 0.5) is 0 Å². The molecule has 0 unspecified atom stereocenters. The van der Waals surface area contributed by atoms with Gasteiger partial charge in [0.1, 0.15) is 18.2 Å². The van der Waals surface area contributed by atoms with Crippen LogP contribution in [0.25, 0.3) is 0 Å². The Morgan fingerprint density at radius 1 is 1.29 bits per heavy atom. The minimum Gasteiger partial charge on any atom is -0.485 e. The molecule has 0 radical (unpaired) electrons. The molecule has 112 valence electrons. The highest BCUT2D eigenvalue weighted by Crippen LogP contribution is 2.19. The third-order valence-electron chi connectivity index (χ3n) is 3.19. The SMILES string of the molecule is Cc1ccc(C)c(OCc2nc(CCCN)cc(=O)[nH]2)c1. The van der Waals surface area contributed by atoms with Gasteiger partial charge in [-0.2, -0.15) is 0 Å². The highest BCUT2D eigenvalue weighted by Gasteiger charge is 2.04. The second-order valence-electron chi connectivity index (χ2n) is 5.13. The van der Waals surface area contributed by atoms with Crippen LogP contribution in [0.1, 0.15) is 29.1 Å². The summed E-state index contributed by atoms with van der Waals surface area (Å²) < 4.78 is 5.76. The maximum atomic E-state index is 11.6. The summed E-state index contributed by atoms with van der Waals surface area (Å²) in [5.41, 5.74) is 8.27. The first-order valence-electron chi connectivity index (χ1n) is 7.07. The minimum atomic E-state index is -0.156. The molecule has 0 saturated carbocycles. The number of ether oxygens (including phenoxy) is 1. The van der Waals surface area contributed by atoms with Crippen molar-refractivity contribution in [2.75, 3.05) is 6.54 Å². The zero-order chi connectivity index (χ0) is 15.2. The smallest absolute Gasteiger partial charge is 0.251 e. The Hall–Kier alpha value is -2.14. The normalized spacial score (nSPS) is 10.6. The van der Waals surface area contributed by atoms with Gasteiger partial charge in [0.25, 0.3) is 5.56 Å². The van der Waals surface area contributed by atoms with Crippen LogP contribution in [0, 0.1) is 13.8 Å².